The van der Waals surface area contributed by atoms with Gasteiger partial charge in [-0.3, -0.25) is 9.69 Å². The standard InChI is InChI=1S/C22H27FN4O/c1-15(28)26-19-8-4-3-7-18(19)22(13-5-2-6-14-22)27-21(26)24-20(25-27)16-9-11-17(23)12-10-16/h9-12,18-19H,2-8,13-14H2,1H3. The normalized spacial score (nSPS) is 26.0. The Kier molecular flexibility index (Phi) is 4.25. The highest BCUT2D eigenvalue weighted by molar-refractivity contribution is 5.91. The molecule has 1 aliphatic heterocycles. The molecular weight excluding hydrogens is 355 g/mol. The molecule has 2 heterocycles. The first-order valence-electron chi connectivity index (χ1n) is 10.6. The Bertz CT molecular complexity index is 884. The molecule has 1 amide bonds. The summed E-state index contributed by atoms with van der Waals surface area (Å²) in [6, 6.07) is 6.54. The number of fused-ring (bicyclic) bond motifs is 4. The minimum atomic E-state index is -0.271. The second kappa shape index (κ2) is 6.68. The fraction of sp³-hybridized carbons (Fsp3) is 0.591. The molecule has 2 unspecified atom stereocenters. The number of anilines is 1. The fourth-order valence-electron chi connectivity index (χ4n) is 5.95. The maximum absolute atomic E-state index is 13.4. The summed E-state index contributed by atoms with van der Waals surface area (Å²) in [5.74, 6) is 1.50. The Morgan fingerprint density at radius 1 is 1.07 bits per heavy atom. The summed E-state index contributed by atoms with van der Waals surface area (Å²) >= 11 is 0. The third kappa shape index (κ3) is 2.60. The SMILES string of the molecule is CC(=O)N1c2nc(-c3ccc(F)cc3)nn2C2(CCCCC2)C2CCCCC21. The first-order chi connectivity index (χ1) is 13.6. The highest BCUT2D eigenvalue weighted by atomic mass is 19.1. The van der Waals surface area contributed by atoms with Crippen molar-refractivity contribution in [1.82, 2.24) is 14.8 Å². The lowest BCUT2D eigenvalue weighted by Crippen LogP contribution is -2.61. The van der Waals surface area contributed by atoms with E-state index < -0.39 is 0 Å². The molecule has 0 N–H and O–H groups in total. The van der Waals surface area contributed by atoms with Crippen molar-refractivity contribution in [2.24, 2.45) is 5.92 Å². The number of aromatic nitrogens is 3. The van der Waals surface area contributed by atoms with Gasteiger partial charge in [0.25, 0.3) is 0 Å². The molecule has 1 spiro atoms. The molecule has 2 atom stereocenters. The molecule has 28 heavy (non-hydrogen) atoms. The Morgan fingerprint density at radius 3 is 2.50 bits per heavy atom. The van der Waals surface area contributed by atoms with Gasteiger partial charge in [0.15, 0.2) is 5.82 Å². The monoisotopic (exact) mass is 382 g/mol. The maximum Gasteiger partial charge on any atom is 0.231 e. The van der Waals surface area contributed by atoms with Crippen molar-refractivity contribution in [2.45, 2.75) is 76.3 Å². The van der Waals surface area contributed by atoms with Crippen LogP contribution < -0.4 is 4.90 Å². The van der Waals surface area contributed by atoms with Crippen LogP contribution in [0.25, 0.3) is 11.4 Å². The Balaban J connectivity index is 1.69. The number of hydrogen-bond acceptors (Lipinski definition) is 3. The number of hydrogen-bond donors (Lipinski definition) is 0. The lowest BCUT2D eigenvalue weighted by Gasteiger charge is -2.55. The van der Waals surface area contributed by atoms with Crippen molar-refractivity contribution < 1.29 is 9.18 Å². The zero-order valence-corrected chi connectivity index (χ0v) is 16.4. The highest BCUT2D eigenvalue weighted by Gasteiger charge is 2.54. The molecule has 2 aromatic rings. The zero-order valence-electron chi connectivity index (χ0n) is 16.4. The van der Waals surface area contributed by atoms with Gasteiger partial charge < -0.3 is 0 Å². The van der Waals surface area contributed by atoms with Gasteiger partial charge in [0, 0.05) is 24.4 Å². The molecule has 0 saturated heterocycles. The number of nitrogens with zero attached hydrogens (tertiary/aromatic N) is 4. The van der Waals surface area contributed by atoms with E-state index in [0.717, 1.165) is 31.2 Å². The van der Waals surface area contributed by atoms with Crippen LogP contribution in [0.4, 0.5) is 10.3 Å². The van der Waals surface area contributed by atoms with E-state index in [0.29, 0.717) is 17.7 Å². The van der Waals surface area contributed by atoms with E-state index in [2.05, 4.69) is 4.68 Å². The van der Waals surface area contributed by atoms with Crippen LogP contribution in [0.5, 0.6) is 0 Å². The average molecular weight is 382 g/mol. The van der Waals surface area contributed by atoms with E-state index in [9.17, 15) is 9.18 Å². The first kappa shape index (κ1) is 17.8. The van der Waals surface area contributed by atoms with Gasteiger partial charge in [-0.1, -0.05) is 32.1 Å². The van der Waals surface area contributed by atoms with Gasteiger partial charge in [-0.25, -0.2) is 9.07 Å². The molecule has 1 aromatic carbocycles. The van der Waals surface area contributed by atoms with Crippen LogP contribution in [0.3, 0.4) is 0 Å². The molecule has 3 aliphatic rings. The number of rotatable bonds is 1. The number of carbonyl (C=O) groups excluding carboxylic acids is 1. The highest BCUT2D eigenvalue weighted by Crippen LogP contribution is 2.53. The quantitative estimate of drug-likeness (QED) is 0.720. The Hall–Kier alpha value is -2.24. The van der Waals surface area contributed by atoms with Crippen LogP contribution in [0.1, 0.15) is 64.7 Å². The van der Waals surface area contributed by atoms with Crippen molar-refractivity contribution in [3.05, 3.63) is 30.1 Å². The summed E-state index contributed by atoms with van der Waals surface area (Å²) in [4.78, 5) is 19.4. The molecule has 5 nitrogen and oxygen atoms in total. The van der Waals surface area contributed by atoms with Crippen molar-refractivity contribution in [1.29, 1.82) is 0 Å². The van der Waals surface area contributed by atoms with Crippen LogP contribution in [0.2, 0.25) is 0 Å². The van der Waals surface area contributed by atoms with Crippen molar-refractivity contribution in [3.8, 4) is 11.4 Å². The van der Waals surface area contributed by atoms with Crippen LogP contribution in [-0.4, -0.2) is 26.7 Å². The topological polar surface area (TPSA) is 51.0 Å². The van der Waals surface area contributed by atoms with Gasteiger partial charge in [0.1, 0.15) is 5.82 Å². The number of halogens is 1. The Morgan fingerprint density at radius 2 is 1.79 bits per heavy atom. The zero-order chi connectivity index (χ0) is 19.3. The van der Waals surface area contributed by atoms with E-state index in [-0.39, 0.29) is 23.3 Å². The predicted octanol–water partition coefficient (Wildman–Crippen LogP) is 4.67. The summed E-state index contributed by atoms with van der Waals surface area (Å²) in [6.45, 7) is 1.64. The molecule has 2 saturated carbocycles. The smallest absolute Gasteiger partial charge is 0.231 e. The molecule has 5 rings (SSSR count). The number of benzene rings is 1. The van der Waals surface area contributed by atoms with Gasteiger partial charge in [0.05, 0.1) is 5.54 Å². The molecule has 6 heteroatoms. The predicted molar refractivity (Wildman–Crippen MR) is 105 cm³/mol. The largest absolute Gasteiger partial charge is 0.278 e. The number of carbonyl (C=O) groups is 1. The fourth-order valence-corrected chi connectivity index (χ4v) is 5.95. The summed E-state index contributed by atoms with van der Waals surface area (Å²) in [5.41, 5.74) is 0.761. The average Bonchev–Trinajstić information content (AvgIpc) is 3.15. The van der Waals surface area contributed by atoms with Gasteiger partial charge in [0.2, 0.25) is 11.9 Å². The molecule has 148 valence electrons. The summed E-state index contributed by atoms with van der Waals surface area (Å²) < 4.78 is 15.5. The van der Waals surface area contributed by atoms with E-state index in [1.807, 2.05) is 4.90 Å². The van der Waals surface area contributed by atoms with Gasteiger partial charge >= 0.3 is 0 Å². The third-order valence-corrected chi connectivity index (χ3v) is 7.14. The lowest BCUT2D eigenvalue weighted by atomic mass is 9.64. The van der Waals surface area contributed by atoms with E-state index >= 15 is 0 Å². The molecule has 2 fully saturated rings. The van der Waals surface area contributed by atoms with Crippen LogP contribution in [0.15, 0.2) is 24.3 Å². The molecule has 1 aromatic heterocycles. The summed E-state index contributed by atoms with van der Waals surface area (Å²) in [7, 11) is 0. The lowest BCUT2D eigenvalue weighted by molar-refractivity contribution is -0.118. The van der Waals surface area contributed by atoms with Gasteiger partial charge in [-0.05, 0) is 49.9 Å². The minimum absolute atomic E-state index is 0.0318. The summed E-state index contributed by atoms with van der Waals surface area (Å²) in [6.07, 6.45) is 10.5. The molecular formula is C22H27FN4O. The summed E-state index contributed by atoms with van der Waals surface area (Å²) in [5, 5.41) is 4.94. The molecule has 0 radical (unpaired) electrons. The molecule has 0 bridgehead atoms. The van der Waals surface area contributed by atoms with E-state index in [1.54, 1.807) is 19.1 Å². The Labute approximate surface area is 164 Å². The van der Waals surface area contributed by atoms with Crippen LogP contribution in [0, 0.1) is 11.7 Å². The second-order valence-corrected chi connectivity index (χ2v) is 8.67. The van der Waals surface area contributed by atoms with Gasteiger partial charge in [-0.2, -0.15) is 4.98 Å². The van der Waals surface area contributed by atoms with Crippen molar-refractivity contribution in [3.63, 3.8) is 0 Å². The van der Waals surface area contributed by atoms with Crippen LogP contribution in [-0.2, 0) is 10.3 Å². The van der Waals surface area contributed by atoms with E-state index in [1.165, 1.54) is 44.2 Å². The maximum atomic E-state index is 13.4. The van der Waals surface area contributed by atoms with Crippen molar-refractivity contribution in [2.75, 3.05) is 4.90 Å². The first-order valence-corrected chi connectivity index (χ1v) is 10.6. The van der Waals surface area contributed by atoms with E-state index in [4.69, 9.17) is 10.1 Å². The second-order valence-electron chi connectivity index (χ2n) is 8.67. The third-order valence-electron chi connectivity index (χ3n) is 7.14. The van der Waals surface area contributed by atoms with Gasteiger partial charge in [-0.15, -0.1) is 5.10 Å². The van der Waals surface area contributed by atoms with Crippen molar-refractivity contribution >= 4 is 11.9 Å². The number of amides is 1. The molecule has 2 aliphatic carbocycles. The van der Waals surface area contributed by atoms with Crippen LogP contribution >= 0.6 is 0 Å². The minimum Gasteiger partial charge on any atom is -0.278 e.